The van der Waals surface area contributed by atoms with E-state index in [0.29, 0.717) is 42.0 Å². The maximum atomic E-state index is 11.1. The molecule has 29 heavy (non-hydrogen) atoms. The Kier molecular flexibility index (Phi) is 6.96. The highest BCUT2D eigenvalue weighted by Crippen LogP contribution is 2.36. The van der Waals surface area contributed by atoms with Crippen molar-refractivity contribution in [3.63, 3.8) is 0 Å². The third-order valence-electron chi connectivity index (χ3n) is 6.36. The third-order valence-corrected chi connectivity index (χ3v) is 7.11. The molecule has 4 rings (SSSR count). The molecule has 7 heteroatoms. The van der Waals surface area contributed by atoms with Crippen LogP contribution in [0.2, 0.25) is 5.02 Å². The summed E-state index contributed by atoms with van der Waals surface area (Å²) in [6.45, 7) is 1.54. The third kappa shape index (κ3) is 5.23. The molecule has 1 aromatic carbocycles. The number of ether oxygens (including phenoxy) is 1. The molecular weight excluding hydrogens is 406 g/mol. The van der Waals surface area contributed by atoms with E-state index in [1.807, 2.05) is 30.1 Å². The largest absolute Gasteiger partial charge is 0.461 e. The molecule has 0 bridgehead atoms. The van der Waals surface area contributed by atoms with Crippen LogP contribution in [0.1, 0.15) is 42.9 Å². The minimum absolute atomic E-state index is 0.0347. The van der Waals surface area contributed by atoms with Crippen molar-refractivity contribution in [3.05, 3.63) is 53.1 Å². The number of aryl methyl sites for hydroxylation is 1. The Bertz CT molecular complexity index is 805. The van der Waals surface area contributed by atoms with Crippen molar-refractivity contribution >= 4 is 23.3 Å². The van der Waals surface area contributed by atoms with Crippen LogP contribution in [0.4, 0.5) is 0 Å². The van der Waals surface area contributed by atoms with Crippen LogP contribution in [0, 0.1) is 0 Å². The quantitative estimate of drug-likeness (QED) is 0.648. The van der Waals surface area contributed by atoms with Gasteiger partial charge in [0.25, 0.3) is 5.75 Å². The van der Waals surface area contributed by atoms with Gasteiger partial charge in [0, 0.05) is 47.0 Å². The van der Waals surface area contributed by atoms with Crippen molar-refractivity contribution < 1.29 is 8.95 Å². The first-order valence-electron chi connectivity index (χ1n) is 10.5. The predicted octanol–water partition coefficient (Wildman–Crippen LogP) is 3.84. The number of hydrogen-bond acceptors (Lipinski definition) is 4. The molecule has 1 aliphatic carbocycles. The van der Waals surface area contributed by atoms with E-state index in [2.05, 4.69) is 28.2 Å². The Morgan fingerprint density at radius 2 is 1.97 bits per heavy atom. The molecule has 2 heterocycles. The number of benzene rings is 1. The summed E-state index contributed by atoms with van der Waals surface area (Å²) in [6, 6.07) is 9.03. The van der Waals surface area contributed by atoms with Crippen molar-refractivity contribution in [1.29, 1.82) is 0 Å². The minimum atomic E-state index is 0.0347. The molecule has 0 radical (unpaired) electrons. The molecule has 1 saturated heterocycles. The van der Waals surface area contributed by atoms with Gasteiger partial charge in [0.05, 0.1) is 18.6 Å². The summed E-state index contributed by atoms with van der Waals surface area (Å²) < 4.78 is 19.2. The van der Waals surface area contributed by atoms with Crippen LogP contribution in [-0.2, 0) is 34.1 Å². The molecule has 0 N–H and O–H groups in total. The SMILES string of the molecule is Cn1cnc(C2CCC(N3C[C@H](C[S+]=O)OC[C@@H]3Cc3ccc(Cl)cc3)CC2)c1. The number of imidazole rings is 1. The van der Waals surface area contributed by atoms with Crippen molar-refractivity contribution in [2.45, 2.75) is 56.2 Å². The maximum Gasteiger partial charge on any atom is 0.461 e. The summed E-state index contributed by atoms with van der Waals surface area (Å²) in [7, 11) is 2.03. The minimum Gasteiger partial charge on any atom is -0.369 e. The molecule has 1 aliphatic heterocycles. The molecule has 0 spiro atoms. The fraction of sp³-hybridized carbons (Fsp3) is 0.591. The lowest BCUT2D eigenvalue weighted by Crippen LogP contribution is -2.56. The van der Waals surface area contributed by atoms with Crippen molar-refractivity contribution in [3.8, 4) is 0 Å². The van der Waals surface area contributed by atoms with Crippen molar-refractivity contribution in [2.75, 3.05) is 18.9 Å². The van der Waals surface area contributed by atoms with Crippen molar-refractivity contribution in [1.82, 2.24) is 14.5 Å². The second-order valence-corrected chi connectivity index (χ2v) is 9.40. The predicted molar refractivity (Wildman–Crippen MR) is 117 cm³/mol. The smallest absolute Gasteiger partial charge is 0.369 e. The van der Waals surface area contributed by atoms with Gasteiger partial charge in [0.1, 0.15) is 6.10 Å². The van der Waals surface area contributed by atoms with Crippen LogP contribution in [0.25, 0.3) is 0 Å². The van der Waals surface area contributed by atoms with E-state index in [-0.39, 0.29) is 6.10 Å². The highest BCUT2D eigenvalue weighted by molar-refractivity contribution is 7.65. The number of morpholine rings is 1. The number of hydrogen-bond donors (Lipinski definition) is 0. The van der Waals surface area contributed by atoms with E-state index < -0.39 is 0 Å². The summed E-state index contributed by atoms with van der Waals surface area (Å²) in [4.78, 5) is 7.20. The molecule has 2 aliphatic rings. The standard InChI is InChI=1S/C22H29ClN3O2S/c1-25-12-22(24-15-25)17-4-8-19(9-5-17)26-11-21(14-29-27)28-13-20(26)10-16-2-6-18(23)7-3-16/h2-3,6-7,12,15,17,19-21H,4-5,8-11,13-14H2,1H3/q+1/t17?,19?,20-,21+/m0/s1. The lowest BCUT2D eigenvalue weighted by Gasteiger charge is -2.45. The Balaban J connectivity index is 1.43. The van der Waals surface area contributed by atoms with E-state index in [4.69, 9.17) is 16.3 Å². The number of halogens is 1. The second-order valence-electron chi connectivity index (χ2n) is 8.39. The van der Waals surface area contributed by atoms with E-state index >= 15 is 0 Å². The first-order valence-corrected chi connectivity index (χ1v) is 11.8. The molecule has 2 aromatic rings. The van der Waals surface area contributed by atoms with Crippen LogP contribution in [0.3, 0.4) is 0 Å². The monoisotopic (exact) mass is 434 g/mol. The molecule has 2 atom stereocenters. The number of nitrogens with zero attached hydrogens (tertiary/aromatic N) is 3. The zero-order valence-corrected chi connectivity index (χ0v) is 18.4. The first-order chi connectivity index (χ1) is 14.1. The Morgan fingerprint density at radius 1 is 1.21 bits per heavy atom. The summed E-state index contributed by atoms with van der Waals surface area (Å²) in [5.41, 5.74) is 2.51. The molecule has 0 amide bonds. The van der Waals surface area contributed by atoms with Gasteiger partial charge in [-0.3, -0.25) is 4.90 Å². The second kappa shape index (κ2) is 9.65. The average molecular weight is 435 g/mol. The van der Waals surface area contributed by atoms with Gasteiger partial charge in [-0.05, 0) is 49.8 Å². The Hall–Kier alpha value is -1.34. The summed E-state index contributed by atoms with van der Waals surface area (Å²) in [6.07, 6.45) is 9.75. The molecule has 1 saturated carbocycles. The van der Waals surface area contributed by atoms with Crippen LogP contribution in [0.5, 0.6) is 0 Å². The number of rotatable bonds is 6. The average Bonchev–Trinajstić information content (AvgIpc) is 3.17. The zero-order valence-electron chi connectivity index (χ0n) is 16.9. The van der Waals surface area contributed by atoms with Gasteiger partial charge in [-0.15, -0.1) is 0 Å². The Morgan fingerprint density at radius 3 is 2.62 bits per heavy atom. The van der Waals surface area contributed by atoms with Gasteiger partial charge >= 0.3 is 11.7 Å². The van der Waals surface area contributed by atoms with E-state index in [0.717, 1.165) is 18.0 Å². The molecule has 156 valence electrons. The van der Waals surface area contributed by atoms with Crippen LogP contribution in [-0.4, -0.2) is 51.5 Å². The summed E-state index contributed by atoms with van der Waals surface area (Å²) in [5.74, 6) is 1.09. The molecule has 2 fully saturated rings. The lowest BCUT2D eigenvalue weighted by atomic mass is 9.82. The van der Waals surface area contributed by atoms with Crippen molar-refractivity contribution in [2.24, 2.45) is 7.05 Å². The fourth-order valence-electron chi connectivity index (χ4n) is 4.82. The van der Waals surface area contributed by atoms with Crippen LogP contribution >= 0.6 is 11.6 Å². The summed E-state index contributed by atoms with van der Waals surface area (Å²) >= 11 is 6.69. The van der Waals surface area contributed by atoms with Gasteiger partial charge in [0.2, 0.25) is 0 Å². The van der Waals surface area contributed by atoms with E-state index in [1.165, 1.54) is 36.9 Å². The van der Waals surface area contributed by atoms with Gasteiger partial charge in [-0.1, -0.05) is 23.7 Å². The first kappa shape index (κ1) is 20.9. The fourth-order valence-corrected chi connectivity index (χ4v) is 5.30. The molecule has 5 nitrogen and oxygen atoms in total. The highest BCUT2D eigenvalue weighted by Gasteiger charge is 2.37. The van der Waals surface area contributed by atoms with E-state index in [9.17, 15) is 4.21 Å². The van der Waals surface area contributed by atoms with Gasteiger partial charge in [-0.2, -0.15) is 0 Å². The van der Waals surface area contributed by atoms with Gasteiger partial charge < -0.3 is 9.30 Å². The number of aromatic nitrogens is 2. The van der Waals surface area contributed by atoms with Gasteiger partial charge in [0.15, 0.2) is 0 Å². The summed E-state index contributed by atoms with van der Waals surface area (Å²) in [5, 5.41) is 0.769. The normalized spacial score (nSPS) is 28.3. The highest BCUT2D eigenvalue weighted by atomic mass is 35.5. The Labute approximate surface area is 181 Å². The molecule has 0 unspecified atom stereocenters. The topological polar surface area (TPSA) is 47.4 Å². The zero-order chi connectivity index (χ0) is 20.2. The molecular formula is C22H29ClN3O2S+. The van der Waals surface area contributed by atoms with Crippen LogP contribution in [0.15, 0.2) is 36.8 Å². The van der Waals surface area contributed by atoms with Crippen LogP contribution < -0.4 is 0 Å². The molecule has 1 aromatic heterocycles. The maximum absolute atomic E-state index is 11.1. The van der Waals surface area contributed by atoms with Gasteiger partial charge in [-0.25, -0.2) is 4.98 Å². The van der Waals surface area contributed by atoms with E-state index in [1.54, 1.807) is 0 Å². The lowest BCUT2D eigenvalue weighted by molar-refractivity contribution is -0.0752.